The molecule has 1 saturated heterocycles. The van der Waals surface area contributed by atoms with E-state index in [9.17, 15) is 5.11 Å². The van der Waals surface area contributed by atoms with E-state index in [1.807, 2.05) is 0 Å². The molecule has 0 bridgehead atoms. The molecule has 3 heteroatoms. The van der Waals surface area contributed by atoms with Gasteiger partial charge in [-0.15, -0.1) is 6.58 Å². The van der Waals surface area contributed by atoms with Gasteiger partial charge in [-0.05, 0) is 31.6 Å². The summed E-state index contributed by atoms with van der Waals surface area (Å²) >= 11 is 0. The van der Waals surface area contributed by atoms with Crippen LogP contribution in [0.4, 0.5) is 0 Å². The average Bonchev–Trinajstić information content (AvgIpc) is 2.54. The van der Waals surface area contributed by atoms with Gasteiger partial charge in [-0.25, -0.2) is 0 Å². The SMILES string of the molecule is [B]C1CC2CCC(O)(CC=C)C2O1. The molecule has 2 nitrogen and oxygen atoms in total. The number of hydrogen-bond acceptors (Lipinski definition) is 2. The van der Waals surface area contributed by atoms with E-state index in [4.69, 9.17) is 12.6 Å². The molecule has 1 N–H and O–H groups in total. The maximum atomic E-state index is 10.2. The van der Waals surface area contributed by atoms with E-state index in [-0.39, 0.29) is 12.1 Å². The van der Waals surface area contributed by atoms with Crippen LogP contribution < -0.4 is 0 Å². The highest BCUT2D eigenvalue weighted by Crippen LogP contribution is 2.45. The molecule has 4 unspecified atom stereocenters. The highest BCUT2D eigenvalue weighted by atomic mass is 16.5. The van der Waals surface area contributed by atoms with E-state index in [0.717, 1.165) is 19.3 Å². The van der Waals surface area contributed by atoms with Crippen LogP contribution in [0.25, 0.3) is 0 Å². The van der Waals surface area contributed by atoms with E-state index >= 15 is 0 Å². The molecule has 0 aromatic carbocycles. The van der Waals surface area contributed by atoms with E-state index in [0.29, 0.717) is 12.3 Å². The quantitative estimate of drug-likeness (QED) is 0.504. The van der Waals surface area contributed by atoms with E-state index < -0.39 is 5.60 Å². The van der Waals surface area contributed by atoms with Crippen LogP contribution in [0.5, 0.6) is 0 Å². The molecule has 0 aromatic rings. The fraction of sp³-hybridized carbons (Fsp3) is 0.800. The van der Waals surface area contributed by atoms with Crippen molar-refractivity contribution in [2.24, 2.45) is 5.92 Å². The molecule has 0 spiro atoms. The highest BCUT2D eigenvalue weighted by molar-refractivity contribution is 6.11. The Morgan fingerprint density at radius 1 is 1.69 bits per heavy atom. The maximum Gasteiger partial charge on any atom is 0.109 e. The van der Waals surface area contributed by atoms with E-state index in [2.05, 4.69) is 6.58 Å². The molecule has 2 aliphatic rings. The Hall–Kier alpha value is -0.275. The van der Waals surface area contributed by atoms with Crippen molar-refractivity contribution in [2.75, 3.05) is 0 Å². The van der Waals surface area contributed by atoms with Crippen LogP contribution in [-0.2, 0) is 4.74 Å². The number of aliphatic hydroxyl groups is 1. The predicted octanol–water partition coefficient (Wildman–Crippen LogP) is 0.987. The summed E-state index contributed by atoms with van der Waals surface area (Å²) in [4.78, 5) is 0. The summed E-state index contributed by atoms with van der Waals surface area (Å²) in [7, 11) is 5.68. The summed E-state index contributed by atoms with van der Waals surface area (Å²) in [6, 6.07) is -0.174. The standard InChI is InChI=1S/C10H15BO2/c1-2-4-10(12)5-3-7-6-8(11)13-9(7)10/h2,7-9,12H,1,3-6H2. The van der Waals surface area contributed by atoms with Crippen molar-refractivity contribution in [1.82, 2.24) is 0 Å². The minimum absolute atomic E-state index is 0.0551. The van der Waals surface area contributed by atoms with Crippen molar-refractivity contribution >= 4 is 7.85 Å². The van der Waals surface area contributed by atoms with Gasteiger partial charge in [-0.1, -0.05) is 6.08 Å². The predicted molar refractivity (Wildman–Crippen MR) is 51.5 cm³/mol. The van der Waals surface area contributed by atoms with Crippen molar-refractivity contribution in [3.63, 3.8) is 0 Å². The van der Waals surface area contributed by atoms with Gasteiger partial charge in [0.2, 0.25) is 0 Å². The van der Waals surface area contributed by atoms with Crippen LogP contribution in [0.3, 0.4) is 0 Å². The fourth-order valence-electron chi connectivity index (χ4n) is 2.66. The number of fused-ring (bicyclic) bond motifs is 1. The number of hydrogen-bond donors (Lipinski definition) is 1. The van der Waals surface area contributed by atoms with Gasteiger partial charge < -0.3 is 9.84 Å². The van der Waals surface area contributed by atoms with Crippen LogP contribution >= 0.6 is 0 Å². The van der Waals surface area contributed by atoms with Crippen molar-refractivity contribution in [1.29, 1.82) is 0 Å². The molecular weight excluding hydrogens is 163 g/mol. The maximum absolute atomic E-state index is 10.2. The van der Waals surface area contributed by atoms with Crippen LogP contribution in [0, 0.1) is 5.92 Å². The molecule has 0 amide bonds. The molecule has 1 aliphatic heterocycles. The normalized spacial score (nSPS) is 49.2. The average molecular weight is 178 g/mol. The van der Waals surface area contributed by atoms with Crippen LogP contribution in [-0.4, -0.2) is 30.7 Å². The minimum Gasteiger partial charge on any atom is -0.387 e. The van der Waals surface area contributed by atoms with Crippen LogP contribution in [0.15, 0.2) is 12.7 Å². The molecule has 1 heterocycles. The third-order valence-corrected chi connectivity index (χ3v) is 3.26. The van der Waals surface area contributed by atoms with Gasteiger partial charge in [0, 0.05) is 6.00 Å². The van der Waals surface area contributed by atoms with E-state index in [1.54, 1.807) is 6.08 Å². The molecule has 1 saturated carbocycles. The molecule has 1 aliphatic carbocycles. The fourth-order valence-corrected chi connectivity index (χ4v) is 2.66. The summed E-state index contributed by atoms with van der Waals surface area (Å²) < 4.78 is 5.53. The smallest absolute Gasteiger partial charge is 0.109 e. The monoisotopic (exact) mass is 178 g/mol. The summed E-state index contributed by atoms with van der Waals surface area (Å²) in [5.41, 5.74) is -0.694. The van der Waals surface area contributed by atoms with Gasteiger partial charge in [0.25, 0.3) is 0 Å². The van der Waals surface area contributed by atoms with Crippen LogP contribution in [0.2, 0.25) is 0 Å². The van der Waals surface area contributed by atoms with Gasteiger partial charge >= 0.3 is 0 Å². The first kappa shape index (κ1) is 9.29. The molecule has 0 aromatic heterocycles. The van der Waals surface area contributed by atoms with Gasteiger partial charge in [0.15, 0.2) is 0 Å². The zero-order chi connectivity index (χ0) is 9.47. The zero-order valence-electron chi connectivity index (χ0n) is 7.78. The molecule has 70 valence electrons. The summed E-state index contributed by atoms with van der Waals surface area (Å²) in [6.45, 7) is 3.66. The third kappa shape index (κ3) is 1.44. The topological polar surface area (TPSA) is 29.5 Å². The Bertz CT molecular complexity index is 219. The first-order chi connectivity index (χ1) is 6.15. The summed E-state index contributed by atoms with van der Waals surface area (Å²) in [5, 5.41) is 10.2. The second-order valence-corrected chi connectivity index (χ2v) is 4.23. The minimum atomic E-state index is -0.694. The summed E-state index contributed by atoms with van der Waals surface area (Å²) in [5.74, 6) is 0.458. The van der Waals surface area contributed by atoms with E-state index in [1.165, 1.54) is 0 Å². The van der Waals surface area contributed by atoms with Crippen molar-refractivity contribution in [2.45, 2.75) is 43.4 Å². The number of ether oxygens (including phenoxy) is 1. The Kier molecular flexibility index (Phi) is 2.24. The second-order valence-electron chi connectivity index (χ2n) is 4.23. The van der Waals surface area contributed by atoms with Crippen molar-refractivity contribution in [3.8, 4) is 0 Å². The lowest BCUT2D eigenvalue weighted by Gasteiger charge is -2.28. The second kappa shape index (κ2) is 3.14. The Labute approximate surface area is 80.4 Å². The lowest BCUT2D eigenvalue weighted by atomic mass is 9.90. The van der Waals surface area contributed by atoms with Crippen molar-refractivity contribution in [3.05, 3.63) is 12.7 Å². The highest BCUT2D eigenvalue weighted by Gasteiger charge is 2.51. The Balaban J connectivity index is 2.11. The van der Waals surface area contributed by atoms with Gasteiger partial charge in [-0.3, -0.25) is 0 Å². The molecule has 2 fully saturated rings. The molecule has 4 atom stereocenters. The van der Waals surface area contributed by atoms with Gasteiger partial charge in [0.05, 0.1) is 11.7 Å². The molecule has 2 radical (unpaired) electrons. The summed E-state index contributed by atoms with van der Waals surface area (Å²) in [6.07, 6.45) is 5.06. The lowest BCUT2D eigenvalue weighted by Crippen LogP contribution is -2.39. The van der Waals surface area contributed by atoms with Crippen LogP contribution in [0.1, 0.15) is 25.7 Å². The zero-order valence-corrected chi connectivity index (χ0v) is 7.78. The lowest BCUT2D eigenvalue weighted by molar-refractivity contribution is -0.0791. The molecular formula is C10H15BO2. The van der Waals surface area contributed by atoms with Gasteiger partial charge in [0.1, 0.15) is 7.85 Å². The Morgan fingerprint density at radius 2 is 2.46 bits per heavy atom. The first-order valence-electron chi connectivity index (χ1n) is 4.90. The molecule has 13 heavy (non-hydrogen) atoms. The third-order valence-electron chi connectivity index (χ3n) is 3.26. The first-order valence-corrected chi connectivity index (χ1v) is 4.90. The van der Waals surface area contributed by atoms with Crippen molar-refractivity contribution < 1.29 is 9.84 Å². The number of rotatable bonds is 2. The van der Waals surface area contributed by atoms with Gasteiger partial charge in [-0.2, -0.15) is 0 Å². The largest absolute Gasteiger partial charge is 0.387 e. The molecule has 2 rings (SSSR count). The Morgan fingerprint density at radius 3 is 3.15 bits per heavy atom.